The van der Waals surface area contributed by atoms with Gasteiger partial charge >= 0.3 is 0 Å². The standard InChI is InChI=1S/C29H28ClFN6O2S/c1-2-32-12-20(38)14-37-24-8-7-21-26-28(33-16-34-29(26)40-27(21)22(24)13-35-37)36-19-6-9-25(23(30)11-19)39-15-17-4-3-5-18(31)10-17/h3-6,9-11,13,16,20,32,38H,2,7-8,12,14-15H2,1H3,(H,33,34,36)/t20-/m1/s1. The normalized spacial score (nSPS) is 13.2. The number of aliphatic hydroxyl groups excluding tert-OH is 1. The van der Waals surface area contributed by atoms with Crippen molar-refractivity contribution in [3.63, 3.8) is 0 Å². The predicted octanol–water partition coefficient (Wildman–Crippen LogP) is 5.74. The van der Waals surface area contributed by atoms with E-state index in [0.717, 1.165) is 57.0 Å². The van der Waals surface area contributed by atoms with Crippen LogP contribution in [0.25, 0.3) is 20.7 Å². The van der Waals surface area contributed by atoms with Crippen molar-refractivity contribution < 1.29 is 14.2 Å². The van der Waals surface area contributed by atoms with Gasteiger partial charge in [0.15, 0.2) is 0 Å². The number of rotatable bonds is 10. The maximum absolute atomic E-state index is 13.5. The highest BCUT2D eigenvalue weighted by atomic mass is 35.5. The number of anilines is 2. The molecule has 0 bridgehead atoms. The molecule has 0 saturated carbocycles. The van der Waals surface area contributed by atoms with Crippen LogP contribution < -0.4 is 15.4 Å². The molecule has 5 aromatic rings. The van der Waals surface area contributed by atoms with Gasteiger partial charge in [0, 0.05) is 28.4 Å². The number of likely N-dealkylation sites (N-methyl/N-ethyl adjacent to an activating group) is 1. The third-order valence-corrected chi connectivity index (χ3v) is 8.35. The van der Waals surface area contributed by atoms with Crippen LogP contribution in [0.1, 0.15) is 23.7 Å². The molecule has 0 amide bonds. The molecule has 0 saturated heterocycles. The lowest BCUT2D eigenvalue weighted by Crippen LogP contribution is -2.31. The first kappa shape index (κ1) is 26.6. The van der Waals surface area contributed by atoms with Crippen LogP contribution in [0.15, 0.2) is 55.0 Å². The van der Waals surface area contributed by atoms with Gasteiger partial charge in [-0.25, -0.2) is 14.4 Å². The smallest absolute Gasteiger partial charge is 0.142 e. The highest BCUT2D eigenvalue weighted by Gasteiger charge is 2.27. The van der Waals surface area contributed by atoms with Gasteiger partial charge in [0.25, 0.3) is 0 Å². The topological polar surface area (TPSA) is 97.1 Å². The van der Waals surface area contributed by atoms with Gasteiger partial charge in [0.05, 0.1) is 29.3 Å². The van der Waals surface area contributed by atoms with E-state index < -0.39 is 6.10 Å². The number of ether oxygens (including phenoxy) is 1. The number of thiophene rings is 1. The zero-order chi connectivity index (χ0) is 27.6. The highest BCUT2D eigenvalue weighted by molar-refractivity contribution is 7.22. The molecule has 6 rings (SSSR count). The van der Waals surface area contributed by atoms with E-state index in [1.165, 1.54) is 17.7 Å². The SMILES string of the molecule is CCNC[C@@H](O)Cn1ncc2c1CCc1c-2sc2ncnc(Nc3ccc(OCc4cccc(F)c4)c(Cl)c3)c12. The Balaban J connectivity index is 1.23. The number of halogens is 2. The van der Waals surface area contributed by atoms with Crippen molar-refractivity contribution >= 4 is 44.7 Å². The summed E-state index contributed by atoms with van der Waals surface area (Å²) in [5.41, 5.74) is 4.92. The summed E-state index contributed by atoms with van der Waals surface area (Å²) in [5, 5.41) is 23.0. The van der Waals surface area contributed by atoms with Gasteiger partial charge in [-0.3, -0.25) is 4.68 Å². The molecule has 3 heterocycles. The third-order valence-electron chi connectivity index (χ3n) is 6.88. The Labute approximate surface area is 239 Å². The minimum atomic E-state index is -0.501. The second-order valence-electron chi connectivity index (χ2n) is 9.65. The van der Waals surface area contributed by atoms with Gasteiger partial charge in [0.2, 0.25) is 0 Å². The van der Waals surface area contributed by atoms with E-state index in [0.29, 0.717) is 29.7 Å². The maximum atomic E-state index is 13.5. The molecule has 0 aliphatic heterocycles. The summed E-state index contributed by atoms with van der Waals surface area (Å²) in [6.45, 7) is 4.04. The van der Waals surface area contributed by atoms with Crippen LogP contribution in [0.5, 0.6) is 5.75 Å². The molecule has 1 aliphatic rings. The summed E-state index contributed by atoms with van der Waals surface area (Å²) >= 11 is 8.16. The van der Waals surface area contributed by atoms with Crippen molar-refractivity contribution in [1.29, 1.82) is 0 Å². The molecule has 0 spiro atoms. The van der Waals surface area contributed by atoms with E-state index in [4.69, 9.17) is 16.3 Å². The molecule has 1 atom stereocenters. The Morgan fingerprint density at radius 1 is 1.20 bits per heavy atom. The van der Waals surface area contributed by atoms with Gasteiger partial charge in [-0.1, -0.05) is 30.7 Å². The number of hydrogen-bond acceptors (Lipinski definition) is 8. The predicted molar refractivity (Wildman–Crippen MR) is 156 cm³/mol. The average molecular weight is 579 g/mol. The first-order chi connectivity index (χ1) is 19.5. The molecular weight excluding hydrogens is 551 g/mol. The van der Waals surface area contributed by atoms with Gasteiger partial charge in [-0.05, 0) is 60.8 Å². The fourth-order valence-corrected chi connectivity index (χ4v) is 6.46. The van der Waals surface area contributed by atoms with Crippen LogP contribution in [-0.2, 0) is 26.0 Å². The summed E-state index contributed by atoms with van der Waals surface area (Å²) in [6, 6.07) is 11.7. The molecule has 3 N–H and O–H groups in total. The molecule has 1 aliphatic carbocycles. The Kier molecular flexibility index (Phi) is 7.66. The maximum Gasteiger partial charge on any atom is 0.142 e. The first-order valence-electron chi connectivity index (χ1n) is 13.1. The van der Waals surface area contributed by atoms with Gasteiger partial charge in [-0.15, -0.1) is 11.3 Å². The number of nitrogens with one attached hydrogen (secondary N) is 2. The number of nitrogens with zero attached hydrogens (tertiary/aromatic N) is 4. The number of hydrogen-bond donors (Lipinski definition) is 3. The van der Waals surface area contributed by atoms with Crippen LogP contribution in [0.2, 0.25) is 5.02 Å². The van der Waals surface area contributed by atoms with Crippen molar-refractivity contribution in [2.24, 2.45) is 0 Å². The molecular formula is C29H28ClFN6O2S. The van der Waals surface area contributed by atoms with E-state index in [1.807, 2.05) is 23.9 Å². The average Bonchev–Trinajstić information content (AvgIpc) is 3.53. The molecule has 11 heteroatoms. The minimum absolute atomic E-state index is 0.213. The number of aromatic nitrogens is 4. The van der Waals surface area contributed by atoms with Crippen LogP contribution in [0.3, 0.4) is 0 Å². The Hall–Kier alpha value is -3.57. The van der Waals surface area contributed by atoms with Crippen LogP contribution in [0.4, 0.5) is 15.9 Å². The van der Waals surface area contributed by atoms with Crippen molar-refractivity contribution in [1.82, 2.24) is 25.1 Å². The summed E-state index contributed by atoms with van der Waals surface area (Å²) in [4.78, 5) is 11.2. The molecule has 40 heavy (non-hydrogen) atoms. The van der Waals surface area contributed by atoms with Crippen molar-refractivity contribution in [3.8, 4) is 16.2 Å². The highest BCUT2D eigenvalue weighted by Crippen LogP contribution is 2.45. The summed E-state index contributed by atoms with van der Waals surface area (Å²) in [5.74, 6) is 0.920. The summed E-state index contributed by atoms with van der Waals surface area (Å²) in [7, 11) is 0. The van der Waals surface area contributed by atoms with Crippen LogP contribution in [-0.4, -0.2) is 44.0 Å². The van der Waals surface area contributed by atoms with Crippen LogP contribution >= 0.6 is 22.9 Å². The lowest BCUT2D eigenvalue weighted by molar-refractivity contribution is 0.146. The van der Waals surface area contributed by atoms with E-state index in [9.17, 15) is 9.50 Å². The van der Waals surface area contributed by atoms with Crippen molar-refractivity contribution in [2.75, 3.05) is 18.4 Å². The Morgan fingerprint density at radius 3 is 2.92 bits per heavy atom. The number of fused-ring (bicyclic) bond motifs is 5. The lowest BCUT2D eigenvalue weighted by atomic mass is 9.95. The molecule has 0 fully saturated rings. The molecule has 8 nitrogen and oxygen atoms in total. The van der Waals surface area contributed by atoms with Crippen molar-refractivity contribution in [2.45, 2.75) is 39.0 Å². The lowest BCUT2D eigenvalue weighted by Gasteiger charge is -2.18. The fourth-order valence-electron chi connectivity index (χ4n) is 5.00. The Bertz CT molecular complexity index is 1670. The minimum Gasteiger partial charge on any atom is -0.487 e. The quantitative estimate of drug-likeness (QED) is 0.194. The zero-order valence-electron chi connectivity index (χ0n) is 21.8. The number of aliphatic hydroxyl groups is 1. The van der Waals surface area contributed by atoms with Gasteiger partial charge < -0.3 is 20.5 Å². The second-order valence-corrected chi connectivity index (χ2v) is 11.1. The fraction of sp³-hybridized carbons (Fsp3) is 0.276. The summed E-state index contributed by atoms with van der Waals surface area (Å²) in [6.07, 6.45) is 4.60. The molecule has 0 radical (unpaired) electrons. The monoisotopic (exact) mass is 578 g/mol. The first-order valence-corrected chi connectivity index (χ1v) is 14.3. The van der Waals surface area contributed by atoms with E-state index in [1.54, 1.807) is 41.9 Å². The molecule has 3 aromatic heterocycles. The number of aryl methyl sites for hydroxylation is 1. The van der Waals surface area contributed by atoms with E-state index in [2.05, 4.69) is 25.7 Å². The summed E-state index contributed by atoms with van der Waals surface area (Å²) < 4.78 is 21.2. The zero-order valence-corrected chi connectivity index (χ0v) is 23.4. The van der Waals surface area contributed by atoms with E-state index >= 15 is 0 Å². The molecule has 2 aromatic carbocycles. The molecule has 206 valence electrons. The van der Waals surface area contributed by atoms with Crippen LogP contribution in [0, 0.1) is 5.82 Å². The second kappa shape index (κ2) is 11.5. The number of benzene rings is 2. The third kappa shape index (κ3) is 5.40. The van der Waals surface area contributed by atoms with E-state index in [-0.39, 0.29) is 12.4 Å². The Morgan fingerprint density at radius 2 is 2.10 bits per heavy atom. The van der Waals surface area contributed by atoms with Gasteiger partial charge in [0.1, 0.15) is 35.1 Å². The van der Waals surface area contributed by atoms with Crippen molar-refractivity contribution in [3.05, 3.63) is 82.6 Å². The van der Waals surface area contributed by atoms with Gasteiger partial charge in [-0.2, -0.15) is 5.10 Å². The molecule has 0 unspecified atom stereocenters. The largest absolute Gasteiger partial charge is 0.487 e.